The van der Waals surface area contributed by atoms with Crippen molar-refractivity contribution in [3.05, 3.63) is 47.5 Å². The van der Waals surface area contributed by atoms with E-state index in [2.05, 4.69) is 4.37 Å². The third-order valence-corrected chi connectivity index (χ3v) is 4.68. The summed E-state index contributed by atoms with van der Waals surface area (Å²) >= 11 is 7.34. The van der Waals surface area contributed by atoms with Crippen LogP contribution in [-0.2, 0) is 0 Å². The van der Waals surface area contributed by atoms with Crippen LogP contribution in [0, 0.1) is 0 Å². The van der Waals surface area contributed by atoms with Crippen molar-refractivity contribution in [2.24, 2.45) is 0 Å². The topological polar surface area (TPSA) is 40.6 Å². The summed E-state index contributed by atoms with van der Waals surface area (Å²) in [6.45, 7) is 0. The van der Waals surface area contributed by atoms with Crippen LogP contribution in [-0.4, -0.2) is 25.7 Å². The molecule has 1 aromatic heterocycles. The molecule has 3 aromatic rings. The summed E-state index contributed by atoms with van der Waals surface area (Å²) in [5, 5.41) is 0.702. The van der Waals surface area contributed by atoms with Crippen molar-refractivity contribution < 1.29 is 14.2 Å². The van der Waals surface area contributed by atoms with Crippen LogP contribution in [0.2, 0.25) is 5.02 Å². The molecule has 0 atom stereocenters. The molecule has 0 aliphatic rings. The number of benzene rings is 2. The smallest absolute Gasteiger partial charge is 0.169 e. The van der Waals surface area contributed by atoms with Gasteiger partial charge in [-0.2, -0.15) is 4.37 Å². The number of methoxy groups -OCH3 is 3. The van der Waals surface area contributed by atoms with Gasteiger partial charge in [0.25, 0.3) is 0 Å². The van der Waals surface area contributed by atoms with Crippen molar-refractivity contribution in [1.82, 2.24) is 4.37 Å². The summed E-state index contributed by atoms with van der Waals surface area (Å²) < 4.78 is 20.8. The summed E-state index contributed by atoms with van der Waals surface area (Å²) in [5.74, 6) is 1.97. The molecule has 0 aliphatic heterocycles. The van der Waals surface area contributed by atoms with Crippen LogP contribution in [0.3, 0.4) is 0 Å². The van der Waals surface area contributed by atoms with E-state index in [9.17, 15) is 0 Å². The second-order valence-corrected chi connectivity index (χ2v) is 6.24. The highest BCUT2D eigenvalue weighted by molar-refractivity contribution is 7.09. The van der Waals surface area contributed by atoms with Gasteiger partial charge in [0, 0.05) is 22.2 Å². The number of hydrogen-bond acceptors (Lipinski definition) is 5. The first-order chi connectivity index (χ1) is 11.7. The van der Waals surface area contributed by atoms with Crippen LogP contribution in [0.5, 0.6) is 17.2 Å². The molecule has 0 unspecified atom stereocenters. The first-order valence-electron chi connectivity index (χ1n) is 7.19. The number of rotatable bonds is 5. The third-order valence-electron chi connectivity index (χ3n) is 3.60. The number of aromatic nitrogens is 1. The predicted octanol–water partition coefficient (Wildman–Crippen LogP) is 5.16. The van der Waals surface area contributed by atoms with Crippen molar-refractivity contribution in [2.75, 3.05) is 21.3 Å². The quantitative estimate of drug-likeness (QED) is 0.629. The van der Waals surface area contributed by atoms with Crippen LogP contribution in [0.25, 0.3) is 21.7 Å². The summed E-state index contributed by atoms with van der Waals surface area (Å²) in [5.41, 5.74) is 2.78. The lowest BCUT2D eigenvalue weighted by Gasteiger charge is -2.13. The van der Waals surface area contributed by atoms with Crippen molar-refractivity contribution in [2.45, 2.75) is 0 Å². The Morgan fingerprint density at radius 2 is 1.67 bits per heavy atom. The average molecular weight is 362 g/mol. The van der Waals surface area contributed by atoms with E-state index in [1.807, 2.05) is 36.4 Å². The highest BCUT2D eigenvalue weighted by Gasteiger charge is 2.17. The molecule has 6 heteroatoms. The van der Waals surface area contributed by atoms with Gasteiger partial charge in [-0.15, -0.1) is 0 Å². The molecule has 4 nitrogen and oxygen atoms in total. The lowest BCUT2D eigenvalue weighted by Crippen LogP contribution is -1.94. The number of hydrogen-bond donors (Lipinski definition) is 0. The third kappa shape index (κ3) is 3.18. The van der Waals surface area contributed by atoms with Crippen molar-refractivity contribution >= 4 is 23.1 Å². The molecule has 0 saturated heterocycles. The lowest BCUT2D eigenvalue weighted by molar-refractivity contribution is 0.350. The van der Waals surface area contributed by atoms with Gasteiger partial charge in [0.2, 0.25) is 0 Å². The fourth-order valence-corrected chi connectivity index (χ4v) is 3.29. The van der Waals surface area contributed by atoms with E-state index in [0.717, 1.165) is 21.7 Å². The molecule has 0 amide bonds. The molecule has 24 heavy (non-hydrogen) atoms. The zero-order chi connectivity index (χ0) is 17.1. The van der Waals surface area contributed by atoms with Crippen molar-refractivity contribution in [3.63, 3.8) is 0 Å². The normalized spacial score (nSPS) is 10.5. The fraction of sp³-hybridized carbons (Fsp3) is 0.167. The number of halogens is 1. The van der Waals surface area contributed by atoms with Gasteiger partial charge >= 0.3 is 0 Å². The van der Waals surface area contributed by atoms with Gasteiger partial charge in [0.15, 0.2) is 11.5 Å². The second-order valence-electron chi connectivity index (χ2n) is 4.99. The Bertz CT molecular complexity index is 846. The van der Waals surface area contributed by atoms with E-state index in [4.69, 9.17) is 25.8 Å². The number of ether oxygens (including phenoxy) is 3. The van der Waals surface area contributed by atoms with Crippen LogP contribution in [0.4, 0.5) is 0 Å². The Morgan fingerprint density at radius 3 is 2.29 bits per heavy atom. The zero-order valence-corrected chi connectivity index (χ0v) is 15.1. The van der Waals surface area contributed by atoms with E-state index in [1.54, 1.807) is 27.4 Å². The largest absolute Gasteiger partial charge is 0.497 e. The first-order valence-corrected chi connectivity index (χ1v) is 8.34. The van der Waals surface area contributed by atoms with Crippen molar-refractivity contribution in [1.29, 1.82) is 0 Å². The molecule has 1 heterocycles. The molecule has 0 N–H and O–H groups in total. The minimum atomic E-state index is 0.619. The molecule has 124 valence electrons. The highest BCUT2D eigenvalue weighted by Crippen LogP contribution is 2.43. The van der Waals surface area contributed by atoms with Crippen LogP contribution >= 0.6 is 23.1 Å². The molecule has 3 rings (SSSR count). The van der Waals surface area contributed by atoms with E-state index in [1.165, 1.54) is 11.5 Å². The molecular formula is C18H16ClNO3S. The average Bonchev–Trinajstić information content (AvgIpc) is 3.11. The van der Waals surface area contributed by atoms with Gasteiger partial charge in [-0.25, -0.2) is 0 Å². The molecule has 2 aromatic carbocycles. The Hall–Kier alpha value is -2.24. The van der Waals surface area contributed by atoms with E-state index >= 15 is 0 Å². The predicted molar refractivity (Wildman–Crippen MR) is 97.7 cm³/mol. The Balaban J connectivity index is 2.07. The van der Waals surface area contributed by atoms with E-state index < -0.39 is 0 Å². The Morgan fingerprint density at radius 1 is 0.917 bits per heavy atom. The van der Waals surface area contributed by atoms with E-state index in [0.29, 0.717) is 22.3 Å². The maximum absolute atomic E-state index is 5.94. The van der Waals surface area contributed by atoms with Gasteiger partial charge < -0.3 is 14.2 Å². The van der Waals surface area contributed by atoms with Crippen molar-refractivity contribution in [3.8, 4) is 38.9 Å². The lowest BCUT2D eigenvalue weighted by atomic mass is 10.1. The Labute approximate surface area is 149 Å². The molecular weight excluding hydrogens is 346 g/mol. The van der Waals surface area contributed by atoms with Gasteiger partial charge in [-0.05, 0) is 35.8 Å². The maximum atomic E-state index is 5.94. The van der Waals surface area contributed by atoms with Crippen LogP contribution in [0.15, 0.2) is 42.5 Å². The molecule has 0 spiro atoms. The molecule has 0 radical (unpaired) electrons. The Kier molecular flexibility index (Phi) is 4.92. The summed E-state index contributed by atoms with van der Waals surface area (Å²) in [4.78, 5) is 0.967. The monoisotopic (exact) mass is 361 g/mol. The van der Waals surface area contributed by atoms with Crippen LogP contribution < -0.4 is 14.2 Å². The molecule has 0 bridgehead atoms. The fourth-order valence-electron chi connectivity index (χ4n) is 2.40. The second kappa shape index (κ2) is 7.11. The van der Waals surface area contributed by atoms with Crippen LogP contribution in [0.1, 0.15) is 0 Å². The van der Waals surface area contributed by atoms with Gasteiger partial charge in [0.05, 0.1) is 31.9 Å². The van der Waals surface area contributed by atoms with Gasteiger partial charge in [-0.3, -0.25) is 0 Å². The van der Waals surface area contributed by atoms with Gasteiger partial charge in [0.1, 0.15) is 5.75 Å². The molecule has 0 aliphatic carbocycles. The van der Waals surface area contributed by atoms with Gasteiger partial charge in [-0.1, -0.05) is 23.7 Å². The minimum Gasteiger partial charge on any atom is -0.497 e. The zero-order valence-electron chi connectivity index (χ0n) is 13.5. The highest BCUT2D eigenvalue weighted by atomic mass is 35.5. The molecule has 0 saturated carbocycles. The minimum absolute atomic E-state index is 0.619. The SMILES string of the molecule is COc1cc(OC)c(OC)c(-c2cc(-c3ccc(Cl)cc3)ns2)c1. The summed E-state index contributed by atoms with van der Waals surface area (Å²) in [6.07, 6.45) is 0. The molecule has 0 fully saturated rings. The standard InChI is InChI=1S/C18H16ClNO3S/c1-21-13-8-14(18(23-3)16(9-13)22-2)17-10-15(20-24-17)11-4-6-12(19)7-5-11/h4-10H,1-3H3. The summed E-state index contributed by atoms with van der Waals surface area (Å²) in [6, 6.07) is 13.3. The maximum Gasteiger partial charge on any atom is 0.169 e. The van der Waals surface area contributed by atoms with E-state index in [-0.39, 0.29) is 0 Å². The first kappa shape index (κ1) is 16.6. The number of nitrogens with zero attached hydrogens (tertiary/aromatic N) is 1. The summed E-state index contributed by atoms with van der Waals surface area (Å²) in [7, 11) is 4.85.